The lowest BCUT2D eigenvalue weighted by Gasteiger charge is -2.11. The van der Waals surface area contributed by atoms with E-state index >= 15 is 0 Å². The Balaban J connectivity index is 2.46. The molecule has 0 N–H and O–H groups in total. The second-order valence-corrected chi connectivity index (χ2v) is 3.73. The van der Waals surface area contributed by atoms with Gasteiger partial charge >= 0.3 is 0 Å². The highest BCUT2D eigenvalue weighted by atomic mass is 19.1. The van der Waals surface area contributed by atoms with Crippen molar-refractivity contribution in [3.05, 3.63) is 71.3 Å². The van der Waals surface area contributed by atoms with Gasteiger partial charge in [-0.2, -0.15) is 0 Å². The van der Waals surface area contributed by atoms with Crippen molar-refractivity contribution in [3.63, 3.8) is 0 Å². The Morgan fingerprint density at radius 3 is 2.00 bits per heavy atom. The van der Waals surface area contributed by atoms with Crippen molar-refractivity contribution in [2.45, 2.75) is 5.92 Å². The van der Waals surface area contributed by atoms with Gasteiger partial charge in [-0.05, 0) is 23.3 Å². The largest absolute Gasteiger partial charge is 0.302 e. The Morgan fingerprint density at radius 1 is 0.882 bits per heavy atom. The predicted molar refractivity (Wildman–Crippen MR) is 60.7 cm³/mol. The summed E-state index contributed by atoms with van der Waals surface area (Å²) in [6, 6.07) is 12.0. The minimum Gasteiger partial charge on any atom is -0.302 e. The van der Waals surface area contributed by atoms with Crippen molar-refractivity contribution >= 4 is 6.29 Å². The van der Waals surface area contributed by atoms with E-state index in [1.54, 1.807) is 24.3 Å². The Labute approximate surface area is 97.7 Å². The summed E-state index contributed by atoms with van der Waals surface area (Å²) < 4.78 is 26.2. The fraction of sp³-hybridized carbons (Fsp3) is 0.0714. The SMILES string of the molecule is O=CC(c1ccccc1)c1cc(F)cc(F)c1. The molecule has 0 saturated heterocycles. The van der Waals surface area contributed by atoms with Crippen LogP contribution in [0.2, 0.25) is 0 Å². The molecule has 0 heterocycles. The quantitative estimate of drug-likeness (QED) is 0.742. The molecule has 0 bridgehead atoms. The summed E-state index contributed by atoms with van der Waals surface area (Å²) in [5, 5.41) is 0. The predicted octanol–water partition coefficient (Wildman–Crippen LogP) is 3.30. The van der Waals surface area contributed by atoms with Crippen molar-refractivity contribution in [2.75, 3.05) is 0 Å². The molecule has 0 radical (unpaired) electrons. The van der Waals surface area contributed by atoms with Crippen LogP contribution in [0.4, 0.5) is 8.78 Å². The van der Waals surface area contributed by atoms with Gasteiger partial charge in [-0.1, -0.05) is 30.3 Å². The number of benzene rings is 2. The van der Waals surface area contributed by atoms with Crippen LogP contribution in [0.5, 0.6) is 0 Å². The van der Waals surface area contributed by atoms with Crippen LogP contribution < -0.4 is 0 Å². The summed E-state index contributed by atoms with van der Waals surface area (Å²) in [5.41, 5.74) is 1.04. The molecule has 17 heavy (non-hydrogen) atoms. The van der Waals surface area contributed by atoms with Gasteiger partial charge < -0.3 is 4.79 Å². The minimum atomic E-state index is -0.678. The van der Waals surface area contributed by atoms with Gasteiger partial charge in [-0.3, -0.25) is 0 Å². The van der Waals surface area contributed by atoms with Crippen LogP contribution in [0.3, 0.4) is 0 Å². The maximum Gasteiger partial charge on any atom is 0.131 e. The van der Waals surface area contributed by atoms with Gasteiger partial charge in [0, 0.05) is 6.07 Å². The number of carbonyl (C=O) groups excluding carboxylic acids is 1. The first-order valence-electron chi connectivity index (χ1n) is 5.17. The van der Waals surface area contributed by atoms with Crippen LogP contribution in [0, 0.1) is 11.6 Å². The molecule has 0 saturated carbocycles. The summed E-state index contributed by atoms with van der Waals surface area (Å²) in [4.78, 5) is 11.1. The third-order valence-corrected chi connectivity index (χ3v) is 2.54. The molecule has 1 nitrogen and oxygen atoms in total. The van der Waals surface area contributed by atoms with E-state index < -0.39 is 17.6 Å². The normalized spacial score (nSPS) is 12.1. The average molecular weight is 232 g/mol. The standard InChI is InChI=1S/C14H10F2O/c15-12-6-11(7-13(16)8-12)14(9-17)10-4-2-1-3-5-10/h1-9,14H. The molecule has 1 atom stereocenters. The molecule has 2 rings (SSSR count). The van der Waals surface area contributed by atoms with Gasteiger partial charge in [0.05, 0.1) is 5.92 Å². The molecule has 2 aromatic rings. The molecule has 0 aromatic heterocycles. The molecule has 2 aromatic carbocycles. The van der Waals surface area contributed by atoms with E-state index in [0.29, 0.717) is 17.4 Å². The molecule has 0 amide bonds. The van der Waals surface area contributed by atoms with E-state index in [1.165, 1.54) is 12.1 Å². The Bertz CT molecular complexity index is 503. The number of hydrogen-bond acceptors (Lipinski definition) is 1. The van der Waals surface area contributed by atoms with Crippen molar-refractivity contribution in [3.8, 4) is 0 Å². The van der Waals surface area contributed by atoms with Crippen molar-refractivity contribution in [2.24, 2.45) is 0 Å². The number of halogens is 2. The fourth-order valence-electron chi connectivity index (χ4n) is 1.76. The lowest BCUT2D eigenvalue weighted by atomic mass is 9.92. The topological polar surface area (TPSA) is 17.1 Å². The van der Waals surface area contributed by atoms with Gasteiger partial charge in [0.1, 0.15) is 17.9 Å². The molecule has 0 aliphatic carbocycles. The van der Waals surface area contributed by atoms with E-state index in [9.17, 15) is 13.6 Å². The third kappa shape index (κ3) is 2.56. The zero-order valence-corrected chi connectivity index (χ0v) is 8.94. The van der Waals surface area contributed by atoms with Crippen molar-refractivity contribution < 1.29 is 13.6 Å². The summed E-state index contributed by atoms with van der Waals surface area (Å²) in [6.45, 7) is 0. The first-order chi connectivity index (χ1) is 8.20. The van der Waals surface area contributed by atoms with Crippen LogP contribution in [0.25, 0.3) is 0 Å². The third-order valence-electron chi connectivity index (χ3n) is 2.54. The molecule has 86 valence electrons. The second-order valence-electron chi connectivity index (χ2n) is 3.73. The van der Waals surface area contributed by atoms with Crippen LogP contribution in [-0.4, -0.2) is 6.29 Å². The van der Waals surface area contributed by atoms with E-state index in [2.05, 4.69) is 0 Å². The second kappa shape index (κ2) is 4.87. The van der Waals surface area contributed by atoms with Gasteiger partial charge in [0.2, 0.25) is 0 Å². The first kappa shape index (κ1) is 11.5. The maximum atomic E-state index is 13.1. The van der Waals surface area contributed by atoms with Crippen molar-refractivity contribution in [1.29, 1.82) is 0 Å². The monoisotopic (exact) mass is 232 g/mol. The van der Waals surface area contributed by atoms with Crippen LogP contribution >= 0.6 is 0 Å². The van der Waals surface area contributed by atoms with Gasteiger partial charge in [-0.25, -0.2) is 8.78 Å². The molecule has 0 fully saturated rings. The van der Waals surface area contributed by atoms with Crippen LogP contribution in [0.1, 0.15) is 17.0 Å². The zero-order chi connectivity index (χ0) is 12.3. The minimum absolute atomic E-state index is 0.323. The molecule has 1 unspecified atom stereocenters. The highest BCUT2D eigenvalue weighted by molar-refractivity contribution is 5.68. The van der Waals surface area contributed by atoms with Gasteiger partial charge in [0.15, 0.2) is 0 Å². The van der Waals surface area contributed by atoms with Gasteiger partial charge in [-0.15, -0.1) is 0 Å². The Kier molecular flexibility index (Phi) is 3.28. The molecular formula is C14H10F2O. The smallest absolute Gasteiger partial charge is 0.131 e. The Hall–Kier alpha value is -2.03. The average Bonchev–Trinajstić information content (AvgIpc) is 2.30. The van der Waals surface area contributed by atoms with E-state index in [4.69, 9.17) is 0 Å². The molecule has 0 aliphatic rings. The highest BCUT2D eigenvalue weighted by Gasteiger charge is 2.14. The molecule has 3 heteroatoms. The fourth-order valence-corrected chi connectivity index (χ4v) is 1.76. The van der Waals surface area contributed by atoms with E-state index in [-0.39, 0.29) is 0 Å². The summed E-state index contributed by atoms with van der Waals surface area (Å²) in [7, 11) is 0. The van der Waals surface area contributed by atoms with E-state index in [1.807, 2.05) is 6.07 Å². The summed E-state index contributed by atoms with van der Waals surface area (Å²) in [6.07, 6.45) is 0.684. The number of carbonyl (C=O) groups is 1. The first-order valence-corrected chi connectivity index (χ1v) is 5.17. The van der Waals surface area contributed by atoms with Gasteiger partial charge in [0.25, 0.3) is 0 Å². The summed E-state index contributed by atoms with van der Waals surface area (Å²) >= 11 is 0. The zero-order valence-electron chi connectivity index (χ0n) is 8.94. The number of rotatable bonds is 3. The number of aldehydes is 1. The van der Waals surface area contributed by atoms with E-state index in [0.717, 1.165) is 6.07 Å². The molecule has 0 spiro atoms. The van der Waals surface area contributed by atoms with Crippen LogP contribution in [0.15, 0.2) is 48.5 Å². The van der Waals surface area contributed by atoms with Crippen molar-refractivity contribution in [1.82, 2.24) is 0 Å². The Morgan fingerprint density at radius 2 is 1.47 bits per heavy atom. The number of hydrogen-bond donors (Lipinski definition) is 0. The lowest BCUT2D eigenvalue weighted by Crippen LogP contribution is -2.03. The maximum absolute atomic E-state index is 13.1. The summed E-state index contributed by atoms with van der Waals surface area (Å²) in [5.74, 6) is -1.99. The molecule has 0 aliphatic heterocycles. The lowest BCUT2D eigenvalue weighted by molar-refractivity contribution is -0.108. The molecular weight excluding hydrogens is 222 g/mol. The highest BCUT2D eigenvalue weighted by Crippen LogP contribution is 2.23. The van der Waals surface area contributed by atoms with Crippen LogP contribution in [-0.2, 0) is 4.79 Å².